The number of nitrogens with one attached hydrogen (secondary N) is 1. The molecule has 0 aromatic heterocycles. The molecule has 2 nitrogen and oxygen atoms in total. The van der Waals surface area contributed by atoms with E-state index in [0.717, 1.165) is 17.7 Å². The van der Waals surface area contributed by atoms with Gasteiger partial charge < -0.3 is 10.4 Å². The van der Waals surface area contributed by atoms with Gasteiger partial charge in [-0.1, -0.05) is 32.0 Å². The van der Waals surface area contributed by atoms with E-state index in [4.69, 9.17) is 0 Å². The van der Waals surface area contributed by atoms with Gasteiger partial charge in [-0.15, -0.1) is 0 Å². The highest BCUT2D eigenvalue weighted by atomic mass is 16.3. The second-order valence-corrected chi connectivity index (χ2v) is 6.07. The van der Waals surface area contributed by atoms with Gasteiger partial charge in [0.25, 0.3) is 0 Å². The average molecular weight is 233 g/mol. The summed E-state index contributed by atoms with van der Waals surface area (Å²) in [5.41, 5.74) is 2.44. The number of phenols is 1. The molecule has 2 N–H and O–H groups in total. The minimum Gasteiger partial charge on any atom is -0.507 e. The van der Waals surface area contributed by atoms with E-state index in [1.807, 2.05) is 25.1 Å². The number of hydrogen-bond acceptors (Lipinski definition) is 2. The number of aryl methyl sites for hydroxylation is 1. The molecule has 2 heteroatoms. The molecule has 0 heterocycles. The number of para-hydroxylation sites is 1. The summed E-state index contributed by atoms with van der Waals surface area (Å²) in [5, 5.41) is 13.5. The maximum atomic E-state index is 9.93. The van der Waals surface area contributed by atoms with Gasteiger partial charge in [-0.3, -0.25) is 0 Å². The number of aromatic hydroxyl groups is 1. The van der Waals surface area contributed by atoms with E-state index in [0.29, 0.717) is 17.2 Å². The molecule has 2 rings (SSSR count). The Morgan fingerprint density at radius 2 is 2.18 bits per heavy atom. The second-order valence-electron chi connectivity index (χ2n) is 6.07. The molecule has 0 spiro atoms. The zero-order chi connectivity index (χ0) is 12.5. The van der Waals surface area contributed by atoms with Crippen molar-refractivity contribution in [2.24, 2.45) is 5.41 Å². The Morgan fingerprint density at radius 1 is 1.41 bits per heavy atom. The first kappa shape index (κ1) is 12.4. The lowest BCUT2D eigenvalue weighted by Crippen LogP contribution is -2.26. The molecule has 1 saturated carbocycles. The fraction of sp³-hybridized carbons (Fsp3) is 0.600. The van der Waals surface area contributed by atoms with Crippen LogP contribution in [-0.4, -0.2) is 11.1 Å². The van der Waals surface area contributed by atoms with Gasteiger partial charge in [-0.05, 0) is 37.2 Å². The molecule has 0 amide bonds. The second kappa shape index (κ2) is 4.69. The van der Waals surface area contributed by atoms with Gasteiger partial charge in [0.2, 0.25) is 0 Å². The van der Waals surface area contributed by atoms with Gasteiger partial charge in [0.15, 0.2) is 0 Å². The van der Waals surface area contributed by atoms with Crippen molar-refractivity contribution < 1.29 is 5.11 Å². The Bertz CT molecular complexity index is 398. The van der Waals surface area contributed by atoms with Crippen LogP contribution in [0.1, 0.15) is 44.2 Å². The molecule has 1 atom stereocenters. The highest BCUT2D eigenvalue weighted by Gasteiger charge is 2.30. The maximum absolute atomic E-state index is 9.93. The molecule has 0 saturated heterocycles. The van der Waals surface area contributed by atoms with Gasteiger partial charge >= 0.3 is 0 Å². The van der Waals surface area contributed by atoms with Gasteiger partial charge in [0, 0.05) is 18.2 Å². The predicted molar refractivity (Wildman–Crippen MR) is 71.1 cm³/mol. The molecule has 1 aliphatic carbocycles. The molecule has 17 heavy (non-hydrogen) atoms. The lowest BCUT2D eigenvalue weighted by molar-refractivity contribution is 0.363. The van der Waals surface area contributed by atoms with Crippen LogP contribution in [0.2, 0.25) is 0 Å². The van der Waals surface area contributed by atoms with Crippen LogP contribution >= 0.6 is 0 Å². The van der Waals surface area contributed by atoms with Gasteiger partial charge in [0.05, 0.1) is 0 Å². The first-order chi connectivity index (χ1) is 7.98. The summed E-state index contributed by atoms with van der Waals surface area (Å²) in [6, 6.07) is 6.54. The smallest absolute Gasteiger partial charge is 0.122 e. The van der Waals surface area contributed by atoms with Gasteiger partial charge in [-0.2, -0.15) is 0 Å². The quantitative estimate of drug-likeness (QED) is 0.839. The molecule has 1 aromatic carbocycles. The zero-order valence-electron chi connectivity index (χ0n) is 11.1. The normalized spacial score (nSPS) is 22.9. The molecule has 1 fully saturated rings. The van der Waals surface area contributed by atoms with Crippen LogP contribution in [-0.2, 0) is 6.54 Å². The van der Waals surface area contributed by atoms with E-state index in [2.05, 4.69) is 19.2 Å². The number of benzene rings is 1. The van der Waals surface area contributed by atoms with Crippen LogP contribution in [0.5, 0.6) is 5.75 Å². The average Bonchev–Trinajstić information content (AvgIpc) is 2.61. The summed E-state index contributed by atoms with van der Waals surface area (Å²) in [5.74, 6) is 0.442. The molecular formula is C15H23NO. The fourth-order valence-electron chi connectivity index (χ4n) is 2.73. The van der Waals surface area contributed by atoms with E-state index in [1.165, 1.54) is 19.3 Å². The van der Waals surface area contributed by atoms with Crippen LogP contribution in [0, 0.1) is 12.3 Å². The third kappa shape index (κ3) is 3.01. The van der Waals surface area contributed by atoms with Gasteiger partial charge in [0.1, 0.15) is 5.75 Å². The van der Waals surface area contributed by atoms with E-state index in [1.54, 1.807) is 0 Å². The fourth-order valence-corrected chi connectivity index (χ4v) is 2.73. The molecule has 1 aromatic rings. The first-order valence-corrected chi connectivity index (χ1v) is 6.49. The Morgan fingerprint density at radius 3 is 2.82 bits per heavy atom. The Kier molecular flexibility index (Phi) is 3.43. The van der Waals surface area contributed by atoms with Crippen molar-refractivity contribution in [2.45, 2.75) is 52.6 Å². The molecule has 0 bridgehead atoms. The summed E-state index contributed by atoms with van der Waals surface area (Å²) < 4.78 is 0. The van der Waals surface area contributed by atoms with Crippen molar-refractivity contribution >= 4 is 0 Å². The Labute approximate surface area is 104 Å². The minimum atomic E-state index is 0.442. The highest BCUT2D eigenvalue weighted by Crippen LogP contribution is 2.37. The van der Waals surface area contributed by atoms with Crippen molar-refractivity contribution in [1.82, 2.24) is 5.32 Å². The lowest BCUT2D eigenvalue weighted by Gasteiger charge is -2.18. The monoisotopic (exact) mass is 233 g/mol. The van der Waals surface area contributed by atoms with E-state index in [-0.39, 0.29) is 0 Å². The Hall–Kier alpha value is -1.02. The summed E-state index contributed by atoms with van der Waals surface area (Å²) in [4.78, 5) is 0. The maximum Gasteiger partial charge on any atom is 0.122 e. The van der Waals surface area contributed by atoms with Crippen molar-refractivity contribution in [3.05, 3.63) is 29.3 Å². The van der Waals surface area contributed by atoms with Crippen molar-refractivity contribution in [3.63, 3.8) is 0 Å². The molecule has 1 aliphatic rings. The van der Waals surface area contributed by atoms with E-state index < -0.39 is 0 Å². The highest BCUT2D eigenvalue weighted by molar-refractivity contribution is 5.39. The van der Waals surface area contributed by atoms with Crippen LogP contribution in [0.4, 0.5) is 0 Å². The number of hydrogen-bond donors (Lipinski definition) is 2. The number of rotatable bonds is 3. The molecule has 94 valence electrons. The van der Waals surface area contributed by atoms with Crippen molar-refractivity contribution in [2.75, 3.05) is 0 Å². The number of phenolic OH excluding ortho intramolecular Hbond substituents is 1. The molecule has 0 radical (unpaired) electrons. The van der Waals surface area contributed by atoms with E-state index >= 15 is 0 Å². The van der Waals surface area contributed by atoms with Crippen LogP contribution in [0.3, 0.4) is 0 Å². The summed E-state index contributed by atoms with van der Waals surface area (Å²) >= 11 is 0. The largest absolute Gasteiger partial charge is 0.507 e. The Balaban J connectivity index is 1.93. The van der Waals surface area contributed by atoms with Crippen molar-refractivity contribution in [1.29, 1.82) is 0 Å². The summed E-state index contributed by atoms with van der Waals surface area (Å²) in [6.07, 6.45) is 3.78. The van der Waals surface area contributed by atoms with Crippen LogP contribution < -0.4 is 5.32 Å². The molecule has 1 unspecified atom stereocenters. The zero-order valence-corrected chi connectivity index (χ0v) is 11.1. The first-order valence-electron chi connectivity index (χ1n) is 6.49. The SMILES string of the molecule is Cc1cccc(CNC2CCC(C)(C)C2)c1O. The standard InChI is InChI=1S/C15H23NO/c1-11-5-4-6-12(14(11)17)10-16-13-7-8-15(2,3)9-13/h4-6,13,16-17H,7-10H2,1-3H3. The summed E-state index contributed by atoms with van der Waals surface area (Å²) in [6.45, 7) is 7.38. The topological polar surface area (TPSA) is 32.3 Å². The predicted octanol–water partition coefficient (Wildman–Crippen LogP) is 3.37. The van der Waals surface area contributed by atoms with E-state index in [9.17, 15) is 5.11 Å². The van der Waals surface area contributed by atoms with Crippen LogP contribution in [0.15, 0.2) is 18.2 Å². The molecule has 0 aliphatic heterocycles. The third-order valence-electron chi connectivity index (χ3n) is 3.87. The molecular weight excluding hydrogens is 210 g/mol. The third-order valence-corrected chi connectivity index (χ3v) is 3.87. The summed E-state index contributed by atoms with van der Waals surface area (Å²) in [7, 11) is 0. The minimum absolute atomic E-state index is 0.442. The van der Waals surface area contributed by atoms with Crippen LogP contribution in [0.25, 0.3) is 0 Å². The van der Waals surface area contributed by atoms with Gasteiger partial charge in [-0.25, -0.2) is 0 Å². The van der Waals surface area contributed by atoms with Crippen molar-refractivity contribution in [3.8, 4) is 5.75 Å². The lowest BCUT2D eigenvalue weighted by atomic mass is 9.92.